The highest BCUT2D eigenvalue weighted by Gasteiger charge is 2.36. The first-order valence-corrected chi connectivity index (χ1v) is 11.4. The fourth-order valence-corrected chi connectivity index (χ4v) is 4.70. The Morgan fingerprint density at radius 2 is 1.04 bits per heavy atom. The molecule has 6 heteroatoms. The van der Waals surface area contributed by atoms with Gasteiger partial charge in [-0.15, -0.1) is 0 Å². The molecule has 0 bridgehead atoms. The molecule has 0 aliphatic heterocycles. The lowest BCUT2D eigenvalue weighted by Crippen LogP contribution is -2.42. The number of nitrogens with zero attached hydrogens (tertiary/aromatic N) is 1. The van der Waals surface area contributed by atoms with Gasteiger partial charge in [0.2, 0.25) is 6.08 Å². The standard InChI is InChI=1S/C18H37NO4Si/c1-21-24(22-2,23-3)17-15-13-11-9-7-5-4-6-8-10-12-14-16-19-18-20/h4-17H2,1-3H3. The number of hydrogen-bond acceptors (Lipinski definition) is 5. The molecule has 24 heavy (non-hydrogen) atoms. The third-order valence-electron chi connectivity index (χ3n) is 4.50. The highest BCUT2D eigenvalue weighted by molar-refractivity contribution is 6.60. The van der Waals surface area contributed by atoms with E-state index in [0.29, 0.717) is 6.54 Å². The molecule has 0 aromatic rings. The SMILES string of the molecule is CO[Si](CCCCCCCCCCCCCCN=C=O)(OC)OC. The van der Waals surface area contributed by atoms with Gasteiger partial charge in [0.05, 0.1) is 6.54 Å². The third kappa shape index (κ3) is 12.8. The van der Waals surface area contributed by atoms with Crippen molar-refractivity contribution in [2.45, 2.75) is 83.1 Å². The fraction of sp³-hybridized carbons (Fsp3) is 0.944. The van der Waals surface area contributed by atoms with Crippen LogP contribution in [-0.4, -0.2) is 42.8 Å². The Labute approximate surface area is 149 Å². The molecule has 5 nitrogen and oxygen atoms in total. The van der Waals surface area contributed by atoms with Crippen LogP contribution in [0.15, 0.2) is 4.99 Å². The normalized spacial score (nSPS) is 11.5. The number of rotatable bonds is 18. The van der Waals surface area contributed by atoms with Crippen LogP contribution in [-0.2, 0) is 18.1 Å². The van der Waals surface area contributed by atoms with Crippen molar-refractivity contribution in [3.8, 4) is 0 Å². The van der Waals surface area contributed by atoms with Crippen molar-refractivity contribution >= 4 is 14.9 Å². The van der Waals surface area contributed by atoms with E-state index in [1.54, 1.807) is 27.4 Å². The van der Waals surface area contributed by atoms with Crippen LogP contribution in [0.25, 0.3) is 0 Å². The molecule has 0 saturated carbocycles. The van der Waals surface area contributed by atoms with Gasteiger partial charge in [-0.1, -0.05) is 64.2 Å². The molecular formula is C18H37NO4Si. The lowest BCUT2D eigenvalue weighted by molar-refractivity contribution is 0.122. The highest BCUT2D eigenvalue weighted by Crippen LogP contribution is 2.18. The van der Waals surface area contributed by atoms with Crippen LogP contribution in [0.3, 0.4) is 0 Å². The zero-order valence-electron chi connectivity index (χ0n) is 16.0. The zero-order valence-corrected chi connectivity index (χ0v) is 17.0. The number of unbranched alkanes of at least 4 members (excludes halogenated alkanes) is 11. The quantitative estimate of drug-likeness (QED) is 0.151. The molecule has 0 N–H and O–H groups in total. The van der Waals surface area contributed by atoms with Gasteiger partial charge in [-0.25, -0.2) is 9.79 Å². The van der Waals surface area contributed by atoms with Gasteiger partial charge in [0.25, 0.3) is 0 Å². The van der Waals surface area contributed by atoms with Crippen LogP contribution in [0.2, 0.25) is 6.04 Å². The summed E-state index contributed by atoms with van der Waals surface area (Å²) in [5.41, 5.74) is 0. The Balaban J connectivity index is 3.27. The average Bonchev–Trinajstić information content (AvgIpc) is 2.62. The summed E-state index contributed by atoms with van der Waals surface area (Å²) in [6, 6.07) is 0.911. The molecule has 0 aromatic carbocycles. The van der Waals surface area contributed by atoms with Gasteiger partial charge in [0.1, 0.15) is 0 Å². The molecular weight excluding hydrogens is 322 g/mol. The van der Waals surface area contributed by atoms with Gasteiger partial charge >= 0.3 is 8.80 Å². The van der Waals surface area contributed by atoms with Crippen molar-refractivity contribution in [2.24, 2.45) is 4.99 Å². The van der Waals surface area contributed by atoms with Crippen molar-refractivity contribution in [3.63, 3.8) is 0 Å². The van der Waals surface area contributed by atoms with Crippen LogP contribution in [0, 0.1) is 0 Å². The van der Waals surface area contributed by atoms with E-state index in [2.05, 4.69) is 4.99 Å². The van der Waals surface area contributed by atoms with Crippen LogP contribution < -0.4 is 0 Å². The molecule has 0 saturated heterocycles. The Morgan fingerprint density at radius 3 is 1.42 bits per heavy atom. The highest BCUT2D eigenvalue weighted by atomic mass is 28.4. The second-order valence-electron chi connectivity index (χ2n) is 6.26. The average molecular weight is 360 g/mol. The molecule has 0 rings (SSSR count). The predicted octanol–water partition coefficient (Wildman–Crippen LogP) is 4.88. The van der Waals surface area contributed by atoms with Gasteiger partial charge < -0.3 is 13.3 Å². The summed E-state index contributed by atoms with van der Waals surface area (Å²) in [5.74, 6) is 0. The molecule has 0 aliphatic carbocycles. The topological polar surface area (TPSA) is 57.1 Å². The largest absolute Gasteiger partial charge is 0.500 e. The summed E-state index contributed by atoms with van der Waals surface area (Å²) in [4.78, 5) is 13.5. The lowest BCUT2D eigenvalue weighted by atomic mass is 10.1. The van der Waals surface area contributed by atoms with Crippen molar-refractivity contribution in [1.29, 1.82) is 0 Å². The molecule has 142 valence electrons. The minimum Gasteiger partial charge on any atom is -0.377 e. The first-order chi connectivity index (χ1) is 11.7. The smallest absolute Gasteiger partial charge is 0.377 e. The van der Waals surface area contributed by atoms with Crippen LogP contribution >= 0.6 is 0 Å². The first-order valence-electron chi connectivity index (χ1n) is 9.43. The van der Waals surface area contributed by atoms with Crippen LogP contribution in [0.5, 0.6) is 0 Å². The molecule has 0 spiro atoms. The van der Waals surface area contributed by atoms with Crippen molar-refractivity contribution in [1.82, 2.24) is 0 Å². The monoisotopic (exact) mass is 359 g/mol. The van der Waals surface area contributed by atoms with Gasteiger partial charge in [-0.05, 0) is 12.8 Å². The predicted molar refractivity (Wildman–Crippen MR) is 100.0 cm³/mol. The Bertz CT molecular complexity index is 310. The zero-order chi connectivity index (χ0) is 17.9. The second kappa shape index (κ2) is 17.3. The summed E-state index contributed by atoms with van der Waals surface area (Å²) in [6.07, 6.45) is 16.7. The molecule has 0 fully saturated rings. The number of isocyanates is 1. The summed E-state index contributed by atoms with van der Waals surface area (Å²) in [6.45, 7) is 0.645. The third-order valence-corrected chi connectivity index (χ3v) is 7.33. The number of aliphatic imine (C=N–C) groups is 1. The molecule has 0 heterocycles. The maximum Gasteiger partial charge on any atom is 0.500 e. The van der Waals surface area contributed by atoms with E-state index in [0.717, 1.165) is 18.9 Å². The maximum atomic E-state index is 9.90. The van der Waals surface area contributed by atoms with Crippen LogP contribution in [0.1, 0.15) is 77.0 Å². The van der Waals surface area contributed by atoms with E-state index in [1.165, 1.54) is 64.2 Å². The Kier molecular flexibility index (Phi) is 16.9. The van der Waals surface area contributed by atoms with E-state index < -0.39 is 8.80 Å². The van der Waals surface area contributed by atoms with E-state index in [4.69, 9.17) is 13.3 Å². The van der Waals surface area contributed by atoms with E-state index in [9.17, 15) is 4.79 Å². The van der Waals surface area contributed by atoms with Gasteiger partial charge in [0, 0.05) is 27.4 Å². The lowest BCUT2D eigenvalue weighted by Gasteiger charge is -2.24. The van der Waals surface area contributed by atoms with Gasteiger partial charge in [-0.3, -0.25) is 0 Å². The molecule has 0 amide bonds. The summed E-state index contributed by atoms with van der Waals surface area (Å²) in [7, 11) is 2.69. The minimum atomic E-state index is -2.35. The van der Waals surface area contributed by atoms with Crippen molar-refractivity contribution < 1.29 is 18.1 Å². The van der Waals surface area contributed by atoms with E-state index in [-0.39, 0.29) is 0 Å². The van der Waals surface area contributed by atoms with Gasteiger partial charge in [0.15, 0.2) is 0 Å². The maximum absolute atomic E-state index is 9.90. The molecule has 0 unspecified atom stereocenters. The molecule has 0 radical (unpaired) electrons. The molecule has 0 atom stereocenters. The fourth-order valence-electron chi connectivity index (χ4n) is 2.90. The van der Waals surface area contributed by atoms with Crippen molar-refractivity contribution in [3.05, 3.63) is 0 Å². The van der Waals surface area contributed by atoms with Gasteiger partial charge in [-0.2, -0.15) is 0 Å². The molecule has 0 aromatic heterocycles. The number of carbonyl (C=O) groups excluding carboxylic acids is 1. The van der Waals surface area contributed by atoms with E-state index in [1.807, 2.05) is 0 Å². The summed E-state index contributed by atoms with van der Waals surface area (Å²) in [5, 5.41) is 0. The van der Waals surface area contributed by atoms with Crippen molar-refractivity contribution in [2.75, 3.05) is 27.9 Å². The Hall–Kier alpha value is -0.523. The molecule has 0 aliphatic rings. The van der Waals surface area contributed by atoms with E-state index >= 15 is 0 Å². The first kappa shape index (κ1) is 23.5. The number of hydrogen-bond donors (Lipinski definition) is 0. The Morgan fingerprint density at radius 1 is 0.667 bits per heavy atom. The summed E-state index contributed by atoms with van der Waals surface area (Å²) >= 11 is 0. The summed E-state index contributed by atoms with van der Waals surface area (Å²) < 4.78 is 16.3. The second-order valence-corrected chi connectivity index (χ2v) is 9.35. The minimum absolute atomic E-state index is 0.645. The van der Waals surface area contributed by atoms with Crippen LogP contribution in [0.4, 0.5) is 0 Å².